The van der Waals surface area contributed by atoms with E-state index in [-0.39, 0.29) is 35.1 Å². The van der Waals surface area contributed by atoms with Crippen LogP contribution < -0.4 is 5.32 Å². The van der Waals surface area contributed by atoms with Crippen molar-refractivity contribution in [3.05, 3.63) is 11.5 Å². The summed E-state index contributed by atoms with van der Waals surface area (Å²) in [6.45, 7) is 15.0. The predicted molar refractivity (Wildman–Crippen MR) is 117 cm³/mol. The van der Waals surface area contributed by atoms with Crippen molar-refractivity contribution in [3.63, 3.8) is 0 Å². The summed E-state index contributed by atoms with van der Waals surface area (Å²) in [4.78, 5) is 15.4. The summed E-state index contributed by atoms with van der Waals surface area (Å²) in [5, 5.41) is 6.88. The number of aryl methyl sites for hydroxylation is 2. The zero-order valence-corrected chi connectivity index (χ0v) is 20.1. The molecule has 0 radical (unpaired) electrons. The Labute approximate surface area is 181 Å². The van der Waals surface area contributed by atoms with Gasteiger partial charge in [-0.15, -0.1) is 0 Å². The molecule has 1 N–H and O–H groups in total. The highest BCUT2D eigenvalue weighted by Gasteiger charge is 2.36. The number of sulfonamides is 1. The van der Waals surface area contributed by atoms with Crippen LogP contribution in [0.3, 0.4) is 0 Å². The van der Waals surface area contributed by atoms with Crippen molar-refractivity contribution in [2.45, 2.75) is 71.7 Å². The first-order valence-corrected chi connectivity index (χ1v) is 12.5. The van der Waals surface area contributed by atoms with E-state index in [0.717, 1.165) is 19.5 Å². The first kappa shape index (κ1) is 24.8. The number of nitrogens with one attached hydrogen (secondary N) is 1. The van der Waals surface area contributed by atoms with E-state index in [1.165, 1.54) is 4.31 Å². The van der Waals surface area contributed by atoms with Crippen LogP contribution in [0.4, 0.5) is 0 Å². The molecule has 0 saturated carbocycles. The molecular weight excluding hydrogens is 404 g/mol. The number of hydrogen-bond acceptors (Lipinski definition) is 6. The lowest BCUT2D eigenvalue weighted by atomic mass is 9.98. The van der Waals surface area contributed by atoms with Crippen LogP contribution in [-0.2, 0) is 14.8 Å². The van der Waals surface area contributed by atoms with E-state index in [1.807, 2.05) is 0 Å². The van der Waals surface area contributed by atoms with Crippen LogP contribution in [0.15, 0.2) is 9.42 Å². The van der Waals surface area contributed by atoms with Gasteiger partial charge in [0.2, 0.25) is 15.9 Å². The van der Waals surface area contributed by atoms with E-state index in [4.69, 9.17) is 4.52 Å². The third-order valence-electron chi connectivity index (χ3n) is 5.90. The van der Waals surface area contributed by atoms with Gasteiger partial charge in [-0.1, -0.05) is 32.9 Å². The van der Waals surface area contributed by atoms with Crippen LogP contribution in [0.25, 0.3) is 0 Å². The predicted octanol–water partition coefficient (Wildman–Crippen LogP) is 2.56. The number of piperidine rings is 1. The molecule has 1 saturated heterocycles. The first-order valence-electron chi connectivity index (χ1n) is 11.1. The molecule has 1 amide bonds. The normalized spacial score (nSPS) is 19.4. The maximum absolute atomic E-state index is 13.1. The molecule has 1 aliphatic rings. The number of rotatable bonds is 10. The zero-order valence-electron chi connectivity index (χ0n) is 19.3. The van der Waals surface area contributed by atoms with Gasteiger partial charge in [0.05, 0.1) is 5.92 Å². The van der Waals surface area contributed by atoms with Crippen molar-refractivity contribution >= 4 is 15.9 Å². The van der Waals surface area contributed by atoms with Crippen molar-refractivity contribution in [3.8, 4) is 0 Å². The minimum atomic E-state index is -3.73. The highest BCUT2D eigenvalue weighted by Crippen LogP contribution is 2.27. The van der Waals surface area contributed by atoms with Crippen LogP contribution in [0.2, 0.25) is 0 Å². The lowest BCUT2D eigenvalue weighted by molar-refractivity contribution is -0.126. The molecule has 9 heteroatoms. The summed E-state index contributed by atoms with van der Waals surface area (Å²) in [6.07, 6.45) is 2.37. The molecule has 0 aliphatic carbocycles. The molecule has 0 spiro atoms. The Morgan fingerprint density at radius 2 is 1.97 bits per heavy atom. The molecular formula is C21H38N4O4S. The molecule has 2 heterocycles. The fraction of sp³-hybridized carbons (Fsp3) is 0.810. The third kappa shape index (κ3) is 5.82. The van der Waals surface area contributed by atoms with Crippen molar-refractivity contribution in [1.29, 1.82) is 0 Å². The lowest BCUT2D eigenvalue weighted by Crippen LogP contribution is -2.49. The second-order valence-corrected chi connectivity index (χ2v) is 10.5. The maximum atomic E-state index is 13.1. The Hall–Kier alpha value is -1.45. The minimum absolute atomic E-state index is 0.0606. The monoisotopic (exact) mass is 442 g/mol. The molecule has 2 atom stereocenters. The fourth-order valence-electron chi connectivity index (χ4n) is 4.36. The Balaban J connectivity index is 2.05. The van der Waals surface area contributed by atoms with Crippen LogP contribution in [0.5, 0.6) is 0 Å². The number of carbonyl (C=O) groups is 1. The Bertz CT molecular complexity index is 782. The van der Waals surface area contributed by atoms with Crippen molar-refractivity contribution in [2.75, 3.05) is 32.7 Å². The van der Waals surface area contributed by atoms with Gasteiger partial charge in [0.1, 0.15) is 10.6 Å². The van der Waals surface area contributed by atoms with Gasteiger partial charge in [-0.3, -0.25) is 9.69 Å². The average Bonchev–Trinajstić information content (AvgIpc) is 3.05. The first-order chi connectivity index (χ1) is 14.1. The number of hydrogen-bond donors (Lipinski definition) is 1. The summed E-state index contributed by atoms with van der Waals surface area (Å²) in [7, 11) is -3.73. The molecule has 1 aromatic heterocycles. The highest BCUT2D eigenvalue weighted by atomic mass is 32.2. The van der Waals surface area contributed by atoms with E-state index in [0.29, 0.717) is 37.5 Å². The van der Waals surface area contributed by atoms with Crippen molar-refractivity contribution < 1.29 is 17.7 Å². The van der Waals surface area contributed by atoms with Crippen LogP contribution in [0.1, 0.15) is 58.4 Å². The van der Waals surface area contributed by atoms with Gasteiger partial charge in [-0.2, -0.15) is 4.31 Å². The highest BCUT2D eigenvalue weighted by molar-refractivity contribution is 7.89. The van der Waals surface area contributed by atoms with Gasteiger partial charge < -0.3 is 9.84 Å². The number of likely N-dealkylation sites (N-methyl/N-ethyl adjacent to an activating group) is 1. The topological polar surface area (TPSA) is 95.8 Å². The molecule has 1 aliphatic heterocycles. The molecule has 2 unspecified atom stereocenters. The lowest BCUT2D eigenvalue weighted by Gasteiger charge is -2.33. The molecule has 172 valence electrons. The largest absolute Gasteiger partial charge is 0.360 e. The summed E-state index contributed by atoms with van der Waals surface area (Å²) < 4.78 is 32.7. The van der Waals surface area contributed by atoms with E-state index >= 15 is 0 Å². The molecule has 8 nitrogen and oxygen atoms in total. The van der Waals surface area contributed by atoms with Crippen molar-refractivity contribution in [2.24, 2.45) is 11.8 Å². The quantitative estimate of drug-likeness (QED) is 0.598. The Morgan fingerprint density at radius 3 is 2.50 bits per heavy atom. The van der Waals surface area contributed by atoms with E-state index in [2.05, 4.69) is 43.1 Å². The molecule has 30 heavy (non-hydrogen) atoms. The average molecular weight is 443 g/mol. The summed E-state index contributed by atoms with van der Waals surface area (Å²) in [6, 6.07) is 0.287. The fourth-order valence-corrected chi connectivity index (χ4v) is 6.17. The minimum Gasteiger partial charge on any atom is -0.360 e. The van der Waals surface area contributed by atoms with E-state index < -0.39 is 10.0 Å². The Morgan fingerprint density at radius 1 is 1.30 bits per heavy atom. The maximum Gasteiger partial charge on any atom is 0.248 e. The second kappa shape index (κ2) is 10.7. The van der Waals surface area contributed by atoms with Gasteiger partial charge in [0.25, 0.3) is 0 Å². The third-order valence-corrected chi connectivity index (χ3v) is 8.02. The standard InChI is InChI=1S/C21H38N4O4S/c1-7-24(8-2)19(12-15(3)4)13-22-21(26)18-10-9-11-25(14-18)30(27,28)20-16(5)23-29-17(20)6/h15,18-19H,7-14H2,1-6H3,(H,22,26). The van der Waals surface area contributed by atoms with Gasteiger partial charge >= 0.3 is 0 Å². The summed E-state index contributed by atoms with van der Waals surface area (Å²) in [5.74, 6) is 0.424. The molecule has 1 aromatic rings. The van der Waals surface area contributed by atoms with Crippen LogP contribution in [-0.4, -0.2) is 67.5 Å². The SMILES string of the molecule is CCN(CC)C(CNC(=O)C1CCCN(S(=O)(=O)c2c(C)noc2C)C1)CC(C)C. The summed E-state index contributed by atoms with van der Waals surface area (Å²) in [5.41, 5.74) is 0.356. The van der Waals surface area contributed by atoms with E-state index in [1.54, 1.807) is 13.8 Å². The molecule has 1 fully saturated rings. The van der Waals surface area contributed by atoms with Gasteiger partial charge in [-0.05, 0) is 52.1 Å². The number of aromatic nitrogens is 1. The molecule has 2 rings (SSSR count). The van der Waals surface area contributed by atoms with Gasteiger partial charge in [-0.25, -0.2) is 8.42 Å². The second-order valence-electron chi connectivity index (χ2n) is 8.61. The Kier molecular flexibility index (Phi) is 8.87. The molecule has 0 bridgehead atoms. The van der Waals surface area contributed by atoms with E-state index in [9.17, 15) is 13.2 Å². The molecule has 0 aromatic carbocycles. The number of amides is 1. The number of nitrogens with zero attached hydrogens (tertiary/aromatic N) is 3. The van der Waals surface area contributed by atoms with Gasteiger partial charge in [0.15, 0.2) is 5.76 Å². The summed E-state index contributed by atoms with van der Waals surface area (Å²) >= 11 is 0. The van der Waals surface area contributed by atoms with Crippen LogP contribution >= 0.6 is 0 Å². The van der Waals surface area contributed by atoms with Gasteiger partial charge in [0, 0.05) is 25.7 Å². The smallest absolute Gasteiger partial charge is 0.248 e. The zero-order chi connectivity index (χ0) is 22.5. The van der Waals surface area contributed by atoms with Crippen molar-refractivity contribution in [1.82, 2.24) is 19.7 Å². The number of carbonyl (C=O) groups excluding carboxylic acids is 1. The van der Waals surface area contributed by atoms with Crippen LogP contribution in [0, 0.1) is 25.7 Å².